The fourth-order valence-electron chi connectivity index (χ4n) is 1.47. The predicted molar refractivity (Wildman–Crippen MR) is 82.2 cm³/mol. The van der Waals surface area contributed by atoms with Crippen molar-refractivity contribution in [1.29, 1.82) is 0 Å². The van der Waals surface area contributed by atoms with Crippen LogP contribution < -0.4 is 5.32 Å². The number of carboxylic acid groups (broad SMARTS) is 1. The minimum absolute atomic E-state index is 0.0164. The monoisotopic (exact) mass is 376 g/mol. The van der Waals surface area contributed by atoms with E-state index in [-0.39, 0.29) is 11.4 Å². The molecule has 0 heterocycles. The lowest BCUT2D eigenvalue weighted by atomic mass is 10.2. The molecule has 0 fully saturated rings. The van der Waals surface area contributed by atoms with Gasteiger partial charge >= 0.3 is 5.97 Å². The van der Waals surface area contributed by atoms with Crippen molar-refractivity contribution in [3.63, 3.8) is 0 Å². The number of nitro groups is 1. The Bertz CT molecular complexity index is 567. The van der Waals surface area contributed by atoms with Crippen LogP contribution in [0.15, 0.2) is 22.7 Å². The second kappa shape index (κ2) is 7.99. The zero-order valence-electron chi connectivity index (χ0n) is 11.0. The molecule has 1 amide bonds. The van der Waals surface area contributed by atoms with Gasteiger partial charge in [-0.1, -0.05) is 22.0 Å². The highest BCUT2D eigenvalue weighted by Crippen LogP contribution is 2.26. The Labute approximate surface area is 133 Å². The summed E-state index contributed by atoms with van der Waals surface area (Å²) in [6.07, 6.45) is 0. The van der Waals surface area contributed by atoms with E-state index in [1.54, 1.807) is 6.07 Å². The number of rotatable bonds is 7. The van der Waals surface area contributed by atoms with Crippen LogP contribution >= 0.6 is 27.7 Å². The van der Waals surface area contributed by atoms with E-state index in [4.69, 9.17) is 5.11 Å². The highest BCUT2D eigenvalue weighted by molar-refractivity contribution is 9.10. The van der Waals surface area contributed by atoms with Gasteiger partial charge in [-0.3, -0.25) is 14.9 Å². The summed E-state index contributed by atoms with van der Waals surface area (Å²) in [5, 5.41) is 21.9. The molecule has 0 aliphatic carbocycles. The number of nitro benzene ring substituents is 1. The Morgan fingerprint density at radius 1 is 1.52 bits per heavy atom. The van der Waals surface area contributed by atoms with E-state index in [9.17, 15) is 19.7 Å². The molecule has 0 spiro atoms. The lowest BCUT2D eigenvalue weighted by Gasteiger charge is -2.13. The topological polar surface area (TPSA) is 110 Å². The lowest BCUT2D eigenvalue weighted by Crippen LogP contribution is -2.41. The smallest absolute Gasteiger partial charge is 0.327 e. The van der Waals surface area contributed by atoms with Crippen molar-refractivity contribution in [3.8, 4) is 0 Å². The molecule has 1 unspecified atom stereocenters. The van der Waals surface area contributed by atoms with E-state index in [2.05, 4.69) is 21.2 Å². The van der Waals surface area contributed by atoms with Gasteiger partial charge in [0.25, 0.3) is 5.69 Å². The third-order valence-electron chi connectivity index (χ3n) is 2.47. The molecular formula is C12H13BrN2O5S. The first-order valence-corrected chi connectivity index (χ1v) is 7.76. The van der Waals surface area contributed by atoms with Crippen LogP contribution in [0.4, 0.5) is 5.69 Å². The molecule has 0 radical (unpaired) electrons. The van der Waals surface area contributed by atoms with Gasteiger partial charge in [0.05, 0.1) is 4.92 Å². The average molecular weight is 377 g/mol. The van der Waals surface area contributed by atoms with Crippen molar-refractivity contribution >= 4 is 45.3 Å². The molecule has 0 aliphatic heterocycles. The quantitative estimate of drug-likeness (QED) is 0.557. The summed E-state index contributed by atoms with van der Waals surface area (Å²) < 4.78 is 0.593. The minimum Gasteiger partial charge on any atom is -0.480 e. The molecule has 0 aliphatic rings. The Balaban J connectivity index is 2.60. The molecule has 9 heteroatoms. The van der Waals surface area contributed by atoms with Gasteiger partial charge in [0.1, 0.15) is 6.04 Å². The van der Waals surface area contributed by atoms with Gasteiger partial charge in [0, 0.05) is 35.0 Å². The van der Waals surface area contributed by atoms with Crippen molar-refractivity contribution in [2.45, 2.75) is 18.7 Å². The molecule has 0 saturated carbocycles. The molecule has 21 heavy (non-hydrogen) atoms. The van der Waals surface area contributed by atoms with Crippen LogP contribution in [0.1, 0.15) is 12.5 Å². The first-order valence-electron chi connectivity index (χ1n) is 5.81. The molecule has 0 saturated heterocycles. The van der Waals surface area contributed by atoms with Crippen molar-refractivity contribution in [2.75, 3.05) is 5.75 Å². The Hall–Kier alpha value is -1.61. The fourth-order valence-corrected chi connectivity index (χ4v) is 3.22. The molecule has 1 atom stereocenters. The molecule has 7 nitrogen and oxygen atoms in total. The van der Waals surface area contributed by atoms with E-state index in [1.807, 2.05) is 0 Å². The Kier molecular flexibility index (Phi) is 6.63. The van der Waals surface area contributed by atoms with Crippen molar-refractivity contribution in [2.24, 2.45) is 0 Å². The largest absolute Gasteiger partial charge is 0.480 e. The van der Waals surface area contributed by atoms with Crippen LogP contribution in [0.3, 0.4) is 0 Å². The maximum atomic E-state index is 11.0. The first kappa shape index (κ1) is 17.4. The number of nitrogens with one attached hydrogen (secondary N) is 1. The normalized spacial score (nSPS) is 11.7. The number of carboxylic acids is 1. The maximum Gasteiger partial charge on any atom is 0.327 e. The van der Waals surface area contributed by atoms with Crippen LogP contribution in [0.25, 0.3) is 0 Å². The van der Waals surface area contributed by atoms with Crippen molar-refractivity contribution < 1.29 is 19.6 Å². The minimum atomic E-state index is -1.10. The van der Waals surface area contributed by atoms with Gasteiger partial charge < -0.3 is 10.4 Å². The number of aliphatic carboxylic acids is 1. The van der Waals surface area contributed by atoms with E-state index in [0.717, 1.165) is 5.56 Å². The van der Waals surface area contributed by atoms with Crippen LogP contribution in [0, 0.1) is 10.1 Å². The number of amides is 1. The zero-order valence-corrected chi connectivity index (χ0v) is 13.4. The molecule has 0 bridgehead atoms. The van der Waals surface area contributed by atoms with E-state index in [0.29, 0.717) is 10.2 Å². The SMILES string of the molecule is CC(=O)NC(CSCc1ccc([N+](=O)[O-])cc1Br)C(=O)O. The third-order valence-corrected chi connectivity index (χ3v) is 4.29. The number of thioether (sulfide) groups is 1. The zero-order chi connectivity index (χ0) is 16.0. The van der Waals surface area contributed by atoms with Crippen molar-refractivity contribution in [3.05, 3.63) is 38.3 Å². The highest BCUT2D eigenvalue weighted by Gasteiger charge is 2.18. The second-order valence-corrected chi connectivity index (χ2v) is 6.02. The number of hydrogen-bond acceptors (Lipinski definition) is 5. The Morgan fingerprint density at radius 3 is 2.67 bits per heavy atom. The average Bonchev–Trinajstić information content (AvgIpc) is 2.38. The van der Waals surface area contributed by atoms with E-state index in [1.165, 1.54) is 30.8 Å². The van der Waals surface area contributed by atoms with Gasteiger partial charge in [-0.15, -0.1) is 0 Å². The summed E-state index contributed by atoms with van der Waals surface area (Å²) in [5.41, 5.74) is 0.801. The predicted octanol–water partition coefficient (Wildman–Crippen LogP) is 2.18. The number of non-ortho nitro benzene ring substituents is 1. The van der Waals surface area contributed by atoms with Crippen LogP contribution in [-0.2, 0) is 15.3 Å². The molecule has 1 rings (SSSR count). The second-order valence-electron chi connectivity index (χ2n) is 4.14. The van der Waals surface area contributed by atoms with E-state index >= 15 is 0 Å². The van der Waals surface area contributed by atoms with E-state index < -0.39 is 22.8 Å². The molecular weight excluding hydrogens is 364 g/mol. The van der Waals surface area contributed by atoms with Gasteiger partial charge in [0.2, 0.25) is 5.91 Å². The Morgan fingerprint density at radius 2 is 2.19 bits per heavy atom. The molecule has 2 N–H and O–H groups in total. The number of carbonyl (C=O) groups is 2. The number of benzene rings is 1. The fraction of sp³-hybridized carbons (Fsp3) is 0.333. The number of halogens is 1. The molecule has 114 valence electrons. The maximum absolute atomic E-state index is 11.0. The van der Waals surface area contributed by atoms with Crippen LogP contribution in [0.2, 0.25) is 0 Å². The molecule has 1 aromatic rings. The summed E-state index contributed by atoms with van der Waals surface area (Å²) in [6, 6.07) is 3.45. The lowest BCUT2D eigenvalue weighted by molar-refractivity contribution is -0.384. The molecule has 1 aromatic carbocycles. The third kappa shape index (κ3) is 5.72. The first-order chi connectivity index (χ1) is 9.81. The van der Waals surface area contributed by atoms with Gasteiger partial charge in [-0.25, -0.2) is 4.79 Å². The summed E-state index contributed by atoms with van der Waals surface area (Å²) in [4.78, 5) is 32.0. The number of nitrogens with zero attached hydrogens (tertiary/aromatic N) is 1. The van der Waals surface area contributed by atoms with Gasteiger partial charge in [-0.2, -0.15) is 11.8 Å². The van der Waals surface area contributed by atoms with Crippen LogP contribution in [0.5, 0.6) is 0 Å². The number of hydrogen-bond donors (Lipinski definition) is 2. The van der Waals surface area contributed by atoms with Gasteiger partial charge in [-0.05, 0) is 5.56 Å². The standard InChI is InChI=1S/C12H13BrN2O5S/c1-7(16)14-11(12(17)18)6-21-5-8-2-3-9(15(19)20)4-10(8)13/h2-4,11H,5-6H2,1H3,(H,14,16)(H,17,18). The molecule has 0 aromatic heterocycles. The number of carbonyl (C=O) groups excluding carboxylic acids is 1. The van der Waals surface area contributed by atoms with Crippen molar-refractivity contribution in [1.82, 2.24) is 5.32 Å². The highest BCUT2D eigenvalue weighted by atomic mass is 79.9. The summed E-state index contributed by atoms with van der Waals surface area (Å²) in [5.74, 6) is -0.819. The summed E-state index contributed by atoms with van der Waals surface area (Å²) >= 11 is 4.57. The van der Waals surface area contributed by atoms with Gasteiger partial charge in [0.15, 0.2) is 0 Å². The summed E-state index contributed by atoms with van der Waals surface area (Å²) in [6.45, 7) is 1.26. The van der Waals surface area contributed by atoms with Crippen LogP contribution in [-0.4, -0.2) is 33.7 Å². The summed E-state index contributed by atoms with van der Waals surface area (Å²) in [7, 11) is 0.